The monoisotopic (exact) mass is 250 g/mol. The Kier molecular flexibility index (Phi) is 5.48. The van der Waals surface area contributed by atoms with Gasteiger partial charge in [0.1, 0.15) is 5.75 Å². The van der Waals surface area contributed by atoms with Crippen LogP contribution >= 0.6 is 0 Å². The van der Waals surface area contributed by atoms with Gasteiger partial charge in [0.2, 0.25) is 0 Å². The lowest BCUT2D eigenvalue weighted by Crippen LogP contribution is -2.33. The van der Waals surface area contributed by atoms with Crippen LogP contribution in [0.1, 0.15) is 39.2 Å². The third-order valence-corrected chi connectivity index (χ3v) is 3.26. The molecule has 1 aromatic rings. The molecule has 18 heavy (non-hydrogen) atoms. The van der Waals surface area contributed by atoms with Crippen molar-refractivity contribution in [2.45, 2.75) is 39.7 Å². The first-order valence-corrected chi connectivity index (χ1v) is 6.64. The standard InChI is InChI=1S/C15H26N2O/c1-10(2)13-8-12(6-7-15(13)18-5)17-14(9-16)11(3)4/h6-8,10-11,14,17H,9,16H2,1-5H3. The average molecular weight is 250 g/mol. The molecule has 0 fully saturated rings. The predicted octanol–water partition coefficient (Wildman–Crippen LogP) is 3.21. The first kappa shape index (κ1) is 14.8. The zero-order chi connectivity index (χ0) is 13.7. The molecule has 0 heterocycles. The fourth-order valence-corrected chi connectivity index (χ4v) is 1.99. The van der Waals surface area contributed by atoms with Crippen LogP contribution in [0, 0.1) is 5.92 Å². The van der Waals surface area contributed by atoms with Gasteiger partial charge in [0.15, 0.2) is 0 Å². The van der Waals surface area contributed by atoms with Gasteiger partial charge in [-0.25, -0.2) is 0 Å². The molecule has 0 spiro atoms. The highest BCUT2D eigenvalue weighted by Crippen LogP contribution is 2.29. The molecule has 102 valence electrons. The van der Waals surface area contributed by atoms with Crippen LogP contribution in [-0.4, -0.2) is 19.7 Å². The molecule has 3 heteroatoms. The van der Waals surface area contributed by atoms with Gasteiger partial charge in [0.25, 0.3) is 0 Å². The Morgan fingerprint density at radius 2 is 1.89 bits per heavy atom. The zero-order valence-electron chi connectivity index (χ0n) is 12.2. The summed E-state index contributed by atoms with van der Waals surface area (Å²) in [6.45, 7) is 9.34. The number of rotatable bonds is 6. The summed E-state index contributed by atoms with van der Waals surface area (Å²) in [4.78, 5) is 0. The van der Waals surface area contributed by atoms with Crippen LogP contribution in [0.4, 0.5) is 5.69 Å². The molecular weight excluding hydrogens is 224 g/mol. The minimum absolute atomic E-state index is 0.304. The maximum Gasteiger partial charge on any atom is 0.122 e. The van der Waals surface area contributed by atoms with Crippen LogP contribution in [0.3, 0.4) is 0 Å². The molecule has 3 N–H and O–H groups in total. The Morgan fingerprint density at radius 3 is 2.33 bits per heavy atom. The number of benzene rings is 1. The minimum Gasteiger partial charge on any atom is -0.496 e. The van der Waals surface area contributed by atoms with Crippen molar-refractivity contribution in [2.75, 3.05) is 19.0 Å². The normalized spacial score (nSPS) is 12.9. The highest BCUT2D eigenvalue weighted by molar-refractivity contribution is 5.52. The molecule has 0 radical (unpaired) electrons. The van der Waals surface area contributed by atoms with Crippen molar-refractivity contribution in [3.8, 4) is 5.75 Å². The molecule has 0 aliphatic rings. The van der Waals surface area contributed by atoms with Crippen LogP contribution < -0.4 is 15.8 Å². The highest BCUT2D eigenvalue weighted by Gasteiger charge is 2.13. The number of hydrogen-bond acceptors (Lipinski definition) is 3. The Hall–Kier alpha value is -1.22. The molecule has 1 atom stereocenters. The highest BCUT2D eigenvalue weighted by atomic mass is 16.5. The van der Waals surface area contributed by atoms with Gasteiger partial charge in [-0.1, -0.05) is 27.7 Å². The van der Waals surface area contributed by atoms with Crippen LogP contribution in [0.15, 0.2) is 18.2 Å². The first-order chi connectivity index (χ1) is 8.49. The second kappa shape index (κ2) is 6.64. The van der Waals surface area contributed by atoms with E-state index in [1.54, 1.807) is 7.11 Å². The summed E-state index contributed by atoms with van der Waals surface area (Å²) in [6.07, 6.45) is 0. The number of ether oxygens (including phenoxy) is 1. The van der Waals surface area contributed by atoms with E-state index in [0.29, 0.717) is 24.4 Å². The SMILES string of the molecule is COc1ccc(NC(CN)C(C)C)cc1C(C)C. The van der Waals surface area contributed by atoms with E-state index < -0.39 is 0 Å². The fraction of sp³-hybridized carbons (Fsp3) is 0.600. The van der Waals surface area contributed by atoms with Crippen molar-refractivity contribution in [1.82, 2.24) is 0 Å². The summed E-state index contributed by atoms with van der Waals surface area (Å²) in [7, 11) is 1.71. The average Bonchev–Trinajstić information content (AvgIpc) is 2.35. The third kappa shape index (κ3) is 3.64. The van der Waals surface area contributed by atoms with E-state index >= 15 is 0 Å². The van der Waals surface area contributed by atoms with Crippen molar-refractivity contribution in [3.63, 3.8) is 0 Å². The predicted molar refractivity (Wildman–Crippen MR) is 78.4 cm³/mol. The molecule has 0 aliphatic carbocycles. The van der Waals surface area contributed by atoms with E-state index in [4.69, 9.17) is 10.5 Å². The van der Waals surface area contributed by atoms with Gasteiger partial charge in [0, 0.05) is 18.3 Å². The van der Waals surface area contributed by atoms with Crippen molar-refractivity contribution in [3.05, 3.63) is 23.8 Å². The molecule has 1 rings (SSSR count). The number of nitrogens with one attached hydrogen (secondary N) is 1. The van der Waals surface area contributed by atoms with Crippen molar-refractivity contribution in [1.29, 1.82) is 0 Å². The molecule has 0 amide bonds. The Balaban J connectivity index is 2.94. The molecule has 3 nitrogen and oxygen atoms in total. The molecule has 0 saturated heterocycles. The number of anilines is 1. The molecule has 0 saturated carbocycles. The Bertz CT molecular complexity index is 375. The summed E-state index contributed by atoms with van der Waals surface area (Å²) in [5, 5.41) is 3.49. The van der Waals surface area contributed by atoms with E-state index in [9.17, 15) is 0 Å². The van der Waals surface area contributed by atoms with E-state index in [1.807, 2.05) is 6.07 Å². The largest absolute Gasteiger partial charge is 0.496 e. The topological polar surface area (TPSA) is 47.3 Å². The number of hydrogen-bond donors (Lipinski definition) is 2. The van der Waals surface area contributed by atoms with Crippen LogP contribution in [-0.2, 0) is 0 Å². The second-order valence-electron chi connectivity index (χ2n) is 5.34. The summed E-state index contributed by atoms with van der Waals surface area (Å²) < 4.78 is 5.39. The lowest BCUT2D eigenvalue weighted by atomic mass is 10.00. The van der Waals surface area contributed by atoms with E-state index in [1.165, 1.54) is 5.56 Å². The Morgan fingerprint density at radius 1 is 1.22 bits per heavy atom. The maximum atomic E-state index is 5.79. The van der Waals surface area contributed by atoms with Gasteiger partial charge < -0.3 is 15.8 Å². The quantitative estimate of drug-likeness (QED) is 0.815. The Labute approximate surface area is 111 Å². The van der Waals surface area contributed by atoms with Crippen LogP contribution in [0.5, 0.6) is 5.75 Å². The summed E-state index contributed by atoms with van der Waals surface area (Å²) >= 11 is 0. The third-order valence-electron chi connectivity index (χ3n) is 3.26. The van der Waals surface area contributed by atoms with Crippen molar-refractivity contribution >= 4 is 5.69 Å². The lowest BCUT2D eigenvalue weighted by Gasteiger charge is -2.23. The summed E-state index contributed by atoms with van der Waals surface area (Å²) in [5.41, 5.74) is 8.13. The maximum absolute atomic E-state index is 5.79. The van der Waals surface area contributed by atoms with E-state index in [0.717, 1.165) is 11.4 Å². The second-order valence-corrected chi connectivity index (χ2v) is 5.34. The van der Waals surface area contributed by atoms with Gasteiger partial charge >= 0.3 is 0 Å². The molecule has 0 bridgehead atoms. The first-order valence-electron chi connectivity index (χ1n) is 6.64. The summed E-state index contributed by atoms with van der Waals surface area (Å²) in [6, 6.07) is 6.54. The molecule has 0 aromatic heterocycles. The van der Waals surface area contributed by atoms with Gasteiger partial charge in [-0.3, -0.25) is 0 Å². The smallest absolute Gasteiger partial charge is 0.122 e. The van der Waals surface area contributed by atoms with Gasteiger partial charge in [-0.2, -0.15) is 0 Å². The number of methoxy groups -OCH3 is 1. The van der Waals surface area contributed by atoms with E-state index in [2.05, 4.69) is 45.1 Å². The summed E-state index contributed by atoms with van der Waals surface area (Å²) in [5.74, 6) is 1.90. The minimum atomic E-state index is 0.304. The van der Waals surface area contributed by atoms with Crippen molar-refractivity contribution in [2.24, 2.45) is 11.7 Å². The van der Waals surface area contributed by atoms with E-state index in [-0.39, 0.29) is 0 Å². The molecule has 1 aromatic carbocycles. The molecular formula is C15H26N2O. The zero-order valence-corrected chi connectivity index (χ0v) is 12.2. The lowest BCUT2D eigenvalue weighted by molar-refractivity contribution is 0.407. The van der Waals surface area contributed by atoms with Gasteiger partial charge in [0.05, 0.1) is 7.11 Å². The van der Waals surface area contributed by atoms with Crippen molar-refractivity contribution < 1.29 is 4.74 Å². The molecule has 1 unspecified atom stereocenters. The fourth-order valence-electron chi connectivity index (χ4n) is 1.99. The van der Waals surface area contributed by atoms with Crippen LogP contribution in [0.25, 0.3) is 0 Å². The molecule has 0 aliphatic heterocycles. The van der Waals surface area contributed by atoms with Gasteiger partial charge in [-0.15, -0.1) is 0 Å². The van der Waals surface area contributed by atoms with Crippen LogP contribution in [0.2, 0.25) is 0 Å². The van der Waals surface area contributed by atoms with Gasteiger partial charge in [-0.05, 0) is 35.6 Å². The number of nitrogens with two attached hydrogens (primary N) is 1.